The van der Waals surface area contributed by atoms with E-state index in [-0.39, 0.29) is 5.41 Å². The molecule has 0 unspecified atom stereocenters. The van der Waals surface area contributed by atoms with Crippen LogP contribution in [0.15, 0.2) is 42.5 Å². The molecule has 2 aromatic carbocycles. The van der Waals surface area contributed by atoms with Crippen molar-refractivity contribution in [3.8, 4) is 0 Å². The van der Waals surface area contributed by atoms with Crippen molar-refractivity contribution >= 4 is 23.6 Å². The number of hydrogen-bond acceptors (Lipinski definition) is 2. The van der Waals surface area contributed by atoms with E-state index in [9.17, 15) is 4.79 Å². The number of anilines is 1. The maximum absolute atomic E-state index is 10.7. The van der Waals surface area contributed by atoms with E-state index in [2.05, 4.69) is 50.4 Å². The van der Waals surface area contributed by atoms with Crippen LogP contribution < -0.4 is 5.32 Å². The van der Waals surface area contributed by atoms with Gasteiger partial charge in [-0.2, -0.15) is 0 Å². The van der Waals surface area contributed by atoms with Crippen LogP contribution in [0.1, 0.15) is 54.2 Å². The summed E-state index contributed by atoms with van der Waals surface area (Å²) in [7, 11) is 0. The highest BCUT2D eigenvalue weighted by atomic mass is 16.1. The minimum atomic E-state index is 0.211. The Bertz CT molecular complexity index is 754. The molecular weight excluding hydrogens is 282 g/mol. The van der Waals surface area contributed by atoms with Crippen molar-refractivity contribution in [2.45, 2.75) is 32.6 Å². The molecule has 0 saturated heterocycles. The summed E-state index contributed by atoms with van der Waals surface area (Å²) in [5.41, 5.74) is 7.17. The summed E-state index contributed by atoms with van der Waals surface area (Å²) < 4.78 is 0. The molecule has 0 saturated carbocycles. The number of aldehydes is 1. The standard InChI is InChI=1S/C21H23NO/c1-15(12-16-4-6-17(14-23)7-5-16)18-8-9-20-19(13-18)21(2,3)10-11-22-20/h4-9,12-14,22H,10-11H2,1-3H3/b15-12+. The first-order valence-corrected chi connectivity index (χ1v) is 8.12. The lowest BCUT2D eigenvalue weighted by Gasteiger charge is -2.33. The van der Waals surface area contributed by atoms with Crippen LogP contribution in [0.5, 0.6) is 0 Å². The van der Waals surface area contributed by atoms with Crippen molar-refractivity contribution in [1.29, 1.82) is 0 Å². The highest BCUT2D eigenvalue weighted by Gasteiger charge is 2.27. The molecule has 2 nitrogen and oxygen atoms in total. The first kappa shape index (κ1) is 15.5. The topological polar surface area (TPSA) is 29.1 Å². The lowest BCUT2D eigenvalue weighted by molar-refractivity contribution is 0.112. The first-order valence-electron chi connectivity index (χ1n) is 8.12. The summed E-state index contributed by atoms with van der Waals surface area (Å²) in [6.07, 6.45) is 4.19. The molecule has 0 radical (unpaired) electrons. The Morgan fingerprint density at radius 2 is 1.78 bits per heavy atom. The van der Waals surface area contributed by atoms with Gasteiger partial charge in [-0.3, -0.25) is 4.79 Å². The first-order chi connectivity index (χ1) is 11.0. The van der Waals surface area contributed by atoms with E-state index >= 15 is 0 Å². The van der Waals surface area contributed by atoms with E-state index in [1.807, 2.05) is 24.3 Å². The number of carbonyl (C=O) groups is 1. The lowest BCUT2D eigenvalue weighted by Crippen LogP contribution is -2.28. The van der Waals surface area contributed by atoms with E-state index in [1.54, 1.807) is 0 Å². The fourth-order valence-electron chi connectivity index (χ4n) is 3.15. The zero-order chi connectivity index (χ0) is 16.4. The molecule has 2 heteroatoms. The van der Waals surface area contributed by atoms with Gasteiger partial charge in [-0.15, -0.1) is 0 Å². The van der Waals surface area contributed by atoms with Crippen LogP contribution >= 0.6 is 0 Å². The molecule has 0 aromatic heterocycles. The van der Waals surface area contributed by atoms with Crippen molar-refractivity contribution in [1.82, 2.24) is 0 Å². The highest BCUT2D eigenvalue weighted by molar-refractivity contribution is 5.82. The predicted molar refractivity (Wildman–Crippen MR) is 97.9 cm³/mol. The number of hydrogen-bond donors (Lipinski definition) is 1. The molecule has 3 rings (SSSR count). The third-order valence-corrected chi connectivity index (χ3v) is 4.73. The molecule has 0 bridgehead atoms. The second kappa shape index (κ2) is 6.04. The maximum atomic E-state index is 10.7. The Balaban J connectivity index is 1.94. The van der Waals surface area contributed by atoms with Crippen molar-refractivity contribution in [3.05, 3.63) is 64.7 Å². The summed E-state index contributed by atoms with van der Waals surface area (Å²) in [6.45, 7) is 7.80. The molecule has 0 aliphatic carbocycles. The number of allylic oxidation sites excluding steroid dienone is 1. The Labute approximate surface area is 138 Å². The number of benzene rings is 2. The van der Waals surface area contributed by atoms with E-state index < -0.39 is 0 Å². The summed E-state index contributed by atoms with van der Waals surface area (Å²) >= 11 is 0. The number of nitrogens with one attached hydrogen (secondary N) is 1. The van der Waals surface area contributed by atoms with Crippen LogP contribution in [0.4, 0.5) is 5.69 Å². The van der Waals surface area contributed by atoms with Gasteiger partial charge >= 0.3 is 0 Å². The van der Waals surface area contributed by atoms with Crippen LogP contribution in [-0.2, 0) is 5.41 Å². The summed E-state index contributed by atoms with van der Waals surface area (Å²) in [5, 5.41) is 3.49. The number of fused-ring (bicyclic) bond motifs is 1. The quantitative estimate of drug-likeness (QED) is 0.627. The summed E-state index contributed by atoms with van der Waals surface area (Å²) in [6, 6.07) is 14.4. The molecule has 1 aliphatic rings. The minimum Gasteiger partial charge on any atom is -0.385 e. The smallest absolute Gasteiger partial charge is 0.150 e. The monoisotopic (exact) mass is 305 g/mol. The van der Waals surface area contributed by atoms with Gasteiger partial charge in [0, 0.05) is 17.8 Å². The van der Waals surface area contributed by atoms with Crippen LogP contribution in [-0.4, -0.2) is 12.8 Å². The molecule has 0 atom stereocenters. The van der Waals surface area contributed by atoms with E-state index in [1.165, 1.54) is 22.4 Å². The van der Waals surface area contributed by atoms with Crippen molar-refractivity contribution in [2.24, 2.45) is 0 Å². The van der Waals surface area contributed by atoms with Crippen LogP contribution in [0, 0.1) is 0 Å². The molecule has 1 N–H and O–H groups in total. The molecule has 1 heterocycles. The summed E-state index contributed by atoms with van der Waals surface area (Å²) in [5.74, 6) is 0. The Morgan fingerprint density at radius 1 is 1.09 bits per heavy atom. The predicted octanol–water partition coefficient (Wildman–Crippen LogP) is 5.15. The van der Waals surface area contributed by atoms with Gasteiger partial charge in [0.2, 0.25) is 0 Å². The van der Waals surface area contributed by atoms with Crippen molar-refractivity contribution in [2.75, 3.05) is 11.9 Å². The zero-order valence-corrected chi connectivity index (χ0v) is 14.0. The SMILES string of the molecule is C/C(=C\c1ccc(C=O)cc1)c1ccc2c(c1)C(C)(C)CCN2. The van der Waals surface area contributed by atoms with Crippen molar-refractivity contribution in [3.63, 3.8) is 0 Å². The molecule has 0 fully saturated rings. The second-order valence-electron chi connectivity index (χ2n) is 6.93. The molecule has 0 spiro atoms. The van der Waals surface area contributed by atoms with Gasteiger partial charge in [-0.05, 0) is 53.2 Å². The van der Waals surface area contributed by atoms with Gasteiger partial charge in [0.1, 0.15) is 6.29 Å². The largest absolute Gasteiger partial charge is 0.385 e. The molecule has 1 aliphatic heterocycles. The molecular formula is C21H23NO. The Kier molecular flexibility index (Phi) is 4.08. The molecule has 0 amide bonds. The van der Waals surface area contributed by atoms with Gasteiger partial charge < -0.3 is 5.32 Å². The van der Waals surface area contributed by atoms with E-state index in [4.69, 9.17) is 0 Å². The molecule has 118 valence electrons. The Hall–Kier alpha value is -2.35. The van der Waals surface area contributed by atoms with Crippen molar-refractivity contribution < 1.29 is 4.79 Å². The second-order valence-corrected chi connectivity index (χ2v) is 6.93. The van der Waals surface area contributed by atoms with Gasteiger partial charge in [-0.1, -0.05) is 50.3 Å². The van der Waals surface area contributed by atoms with E-state index in [0.29, 0.717) is 5.56 Å². The van der Waals surface area contributed by atoms with Crippen LogP contribution in [0.3, 0.4) is 0 Å². The number of rotatable bonds is 3. The normalized spacial score (nSPS) is 16.4. The average molecular weight is 305 g/mol. The third kappa shape index (κ3) is 3.21. The highest BCUT2D eigenvalue weighted by Crippen LogP contribution is 2.38. The fraction of sp³-hybridized carbons (Fsp3) is 0.286. The van der Waals surface area contributed by atoms with Gasteiger partial charge in [0.15, 0.2) is 0 Å². The zero-order valence-electron chi connectivity index (χ0n) is 14.0. The molecule has 2 aromatic rings. The van der Waals surface area contributed by atoms with Gasteiger partial charge in [0.25, 0.3) is 0 Å². The fourth-order valence-corrected chi connectivity index (χ4v) is 3.15. The molecule has 23 heavy (non-hydrogen) atoms. The van der Waals surface area contributed by atoms with Gasteiger partial charge in [-0.25, -0.2) is 0 Å². The van der Waals surface area contributed by atoms with Gasteiger partial charge in [0.05, 0.1) is 0 Å². The van der Waals surface area contributed by atoms with E-state index in [0.717, 1.165) is 24.8 Å². The lowest BCUT2D eigenvalue weighted by atomic mass is 9.77. The Morgan fingerprint density at radius 3 is 2.48 bits per heavy atom. The maximum Gasteiger partial charge on any atom is 0.150 e. The number of carbonyl (C=O) groups excluding carboxylic acids is 1. The average Bonchev–Trinajstić information content (AvgIpc) is 2.55. The minimum absolute atomic E-state index is 0.211. The third-order valence-electron chi connectivity index (χ3n) is 4.73. The van der Waals surface area contributed by atoms with Crippen LogP contribution in [0.25, 0.3) is 11.6 Å². The van der Waals surface area contributed by atoms with Crippen LogP contribution in [0.2, 0.25) is 0 Å². The summed E-state index contributed by atoms with van der Waals surface area (Å²) in [4.78, 5) is 10.7.